The van der Waals surface area contributed by atoms with Crippen LogP contribution in [0.5, 0.6) is 0 Å². The fraction of sp³-hybridized carbons (Fsp3) is 0.667. The average molecular weight is 416 g/mol. The van der Waals surface area contributed by atoms with E-state index in [-0.39, 0.29) is 17.0 Å². The molecule has 0 saturated carbocycles. The second-order valence-electron chi connectivity index (χ2n) is 8.83. The predicted molar refractivity (Wildman–Crippen MR) is 114 cm³/mol. The number of carbonyl (C=O) groups is 1. The highest BCUT2D eigenvalue weighted by Gasteiger charge is 2.45. The van der Waals surface area contributed by atoms with Crippen molar-refractivity contribution >= 4 is 22.2 Å². The van der Waals surface area contributed by atoms with E-state index in [1.807, 2.05) is 13.8 Å². The highest BCUT2D eigenvalue weighted by Crippen LogP contribution is 2.38. The Morgan fingerprint density at radius 1 is 1.31 bits per heavy atom. The number of fused-ring (bicyclic) bond motifs is 5. The van der Waals surface area contributed by atoms with Gasteiger partial charge in [0.2, 0.25) is 0 Å². The van der Waals surface area contributed by atoms with E-state index < -0.39 is 0 Å². The zero-order chi connectivity index (χ0) is 20.1. The number of hydrogen-bond acceptors (Lipinski definition) is 6. The van der Waals surface area contributed by atoms with E-state index in [9.17, 15) is 9.59 Å². The average Bonchev–Trinajstić information content (AvgIpc) is 3.03. The van der Waals surface area contributed by atoms with E-state index >= 15 is 0 Å². The molecule has 0 spiro atoms. The fourth-order valence-corrected chi connectivity index (χ4v) is 6.60. The van der Waals surface area contributed by atoms with E-state index in [0.717, 1.165) is 36.1 Å². The molecule has 3 aliphatic heterocycles. The maximum atomic E-state index is 12.9. The van der Waals surface area contributed by atoms with Crippen LogP contribution in [0.4, 0.5) is 0 Å². The Morgan fingerprint density at radius 3 is 3.00 bits per heavy atom. The van der Waals surface area contributed by atoms with Crippen molar-refractivity contribution in [2.45, 2.75) is 51.6 Å². The molecule has 5 heterocycles. The summed E-state index contributed by atoms with van der Waals surface area (Å²) in [6.07, 6.45) is 6.50. The Bertz CT molecular complexity index is 999. The number of aryl methyl sites for hydroxylation is 2. The molecular weight excluding hydrogens is 386 g/mol. The molecule has 8 heteroatoms. The summed E-state index contributed by atoms with van der Waals surface area (Å²) in [5.41, 5.74) is 0.724. The minimum absolute atomic E-state index is 0.133. The minimum Gasteiger partial charge on any atom is -0.350 e. The molecule has 156 valence electrons. The molecule has 0 radical (unpaired) electrons. The number of rotatable bonds is 3. The van der Waals surface area contributed by atoms with Gasteiger partial charge in [-0.05, 0) is 64.6 Å². The lowest BCUT2D eigenvalue weighted by atomic mass is 9.73. The van der Waals surface area contributed by atoms with Gasteiger partial charge >= 0.3 is 0 Å². The number of hydrogen-bond donors (Lipinski definition) is 2. The van der Waals surface area contributed by atoms with Gasteiger partial charge in [-0.25, -0.2) is 4.98 Å². The zero-order valence-corrected chi connectivity index (χ0v) is 17.9. The Hall–Kier alpha value is -1.77. The molecule has 0 aliphatic carbocycles. The molecule has 5 rings (SSSR count). The largest absolute Gasteiger partial charge is 0.350 e. The van der Waals surface area contributed by atoms with Crippen molar-refractivity contribution in [3.63, 3.8) is 0 Å². The first kappa shape index (κ1) is 19.2. The number of amides is 1. The number of carbonyl (C=O) groups excluding carboxylic acids is 1. The lowest BCUT2D eigenvalue weighted by molar-refractivity contribution is -0.0371. The van der Waals surface area contributed by atoms with Crippen LogP contribution < -0.4 is 16.2 Å². The van der Waals surface area contributed by atoms with Gasteiger partial charge in [-0.3, -0.25) is 18.9 Å². The van der Waals surface area contributed by atoms with Gasteiger partial charge in [-0.15, -0.1) is 11.3 Å². The van der Waals surface area contributed by atoms with Gasteiger partial charge in [0.15, 0.2) is 4.96 Å². The van der Waals surface area contributed by atoms with Crippen molar-refractivity contribution in [2.24, 2.45) is 11.8 Å². The van der Waals surface area contributed by atoms with Crippen molar-refractivity contribution < 1.29 is 4.79 Å². The molecule has 2 bridgehead atoms. The van der Waals surface area contributed by atoms with E-state index in [1.54, 1.807) is 4.40 Å². The summed E-state index contributed by atoms with van der Waals surface area (Å²) in [6.45, 7) is 7.73. The van der Waals surface area contributed by atoms with Crippen LogP contribution in [-0.2, 0) is 0 Å². The summed E-state index contributed by atoms with van der Waals surface area (Å²) in [5, 5.41) is 6.68. The van der Waals surface area contributed by atoms with Crippen molar-refractivity contribution in [3.05, 3.63) is 32.7 Å². The third kappa shape index (κ3) is 3.21. The molecule has 2 N–H and O–H groups in total. The Morgan fingerprint density at radius 2 is 2.14 bits per heavy atom. The normalized spacial score (nSPS) is 29.6. The maximum Gasteiger partial charge on any atom is 0.271 e. The van der Waals surface area contributed by atoms with Crippen LogP contribution in [0.2, 0.25) is 0 Å². The fourth-order valence-electron chi connectivity index (χ4n) is 5.67. The number of nitrogens with one attached hydrogen (secondary N) is 2. The van der Waals surface area contributed by atoms with Crippen LogP contribution in [0.1, 0.15) is 46.6 Å². The standard InChI is InChI=1S/C21H29N5O2S/c1-12-13(2)29-21-24-10-16(20(28)26(12)21)19(27)23-11-18-15-7-14(8-22-9-15)17-5-3-4-6-25(17)18/h10,14-15,17-18,22H,3-9,11H2,1-2H3,(H,23,27)/t14-,15+,17+,18+/m1/s1. The van der Waals surface area contributed by atoms with Crippen molar-refractivity contribution in [3.8, 4) is 0 Å². The van der Waals surface area contributed by atoms with Crippen LogP contribution in [0.15, 0.2) is 11.0 Å². The Labute approximate surface area is 174 Å². The summed E-state index contributed by atoms with van der Waals surface area (Å²) in [6, 6.07) is 0.979. The lowest BCUT2D eigenvalue weighted by Crippen LogP contribution is -2.65. The van der Waals surface area contributed by atoms with Gasteiger partial charge in [-0.1, -0.05) is 6.42 Å². The van der Waals surface area contributed by atoms with Gasteiger partial charge in [0.1, 0.15) is 5.56 Å². The van der Waals surface area contributed by atoms with Gasteiger partial charge in [-0.2, -0.15) is 0 Å². The third-order valence-corrected chi connectivity index (χ3v) is 8.33. The molecule has 0 unspecified atom stereocenters. The number of piperidine rings is 3. The molecule has 1 amide bonds. The number of aromatic nitrogens is 2. The highest BCUT2D eigenvalue weighted by molar-refractivity contribution is 7.17. The molecule has 0 aromatic carbocycles. The quantitative estimate of drug-likeness (QED) is 0.796. The SMILES string of the molecule is Cc1sc2ncc(C(=O)NC[C@H]3[C@@H]4CNC[C@@H](C4)[C@@H]4CCCCN43)c(=O)n2c1C. The zero-order valence-electron chi connectivity index (χ0n) is 17.1. The first-order valence-corrected chi connectivity index (χ1v) is 11.6. The van der Waals surface area contributed by atoms with Gasteiger partial charge in [0.25, 0.3) is 11.5 Å². The van der Waals surface area contributed by atoms with E-state index in [2.05, 4.69) is 20.5 Å². The molecule has 4 atom stereocenters. The van der Waals surface area contributed by atoms with E-state index in [1.165, 1.54) is 43.2 Å². The first-order chi connectivity index (χ1) is 14.0. The van der Waals surface area contributed by atoms with Crippen LogP contribution in [0.3, 0.4) is 0 Å². The maximum absolute atomic E-state index is 12.9. The summed E-state index contributed by atoms with van der Waals surface area (Å²) < 4.78 is 1.56. The molecule has 3 aliphatic rings. The second kappa shape index (κ2) is 7.49. The van der Waals surface area contributed by atoms with Crippen molar-refractivity contribution in [2.75, 3.05) is 26.2 Å². The monoisotopic (exact) mass is 415 g/mol. The molecule has 2 aromatic heterocycles. The number of nitrogens with zero attached hydrogens (tertiary/aromatic N) is 3. The van der Waals surface area contributed by atoms with Crippen LogP contribution in [-0.4, -0.2) is 58.5 Å². The molecule has 29 heavy (non-hydrogen) atoms. The molecule has 7 nitrogen and oxygen atoms in total. The summed E-state index contributed by atoms with van der Waals surface area (Å²) >= 11 is 1.48. The van der Waals surface area contributed by atoms with Crippen molar-refractivity contribution in [1.29, 1.82) is 0 Å². The van der Waals surface area contributed by atoms with Gasteiger partial charge in [0, 0.05) is 35.4 Å². The molecule has 2 aromatic rings. The van der Waals surface area contributed by atoms with Crippen LogP contribution in [0, 0.1) is 25.7 Å². The number of thiazole rings is 1. The Balaban J connectivity index is 1.36. The smallest absolute Gasteiger partial charge is 0.271 e. The highest BCUT2D eigenvalue weighted by atomic mass is 32.1. The summed E-state index contributed by atoms with van der Waals surface area (Å²) in [4.78, 5) is 34.5. The topological polar surface area (TPSA) is 78.7 Å². The summed E-state index contributed by atoms with van der Waals surface area (Å²) in [7, 11) is 0. The van der Waals surface area contributed by atoms with E-state index in [4.69, 9.17) is 0 Å². The van der Waals surface area contributed by atoms with Gasteiger partial charge in [0.05, 0.1) is 0 Å². The lowest BCUT2D eigenvalue weighted by Gasteiger charge is -2.55. The third-order valence-electron chi connectivity index (χ3n) is 7.26. The van der Waals surface area contributed by atoms with Crippen LogP contribution in [0.25, 0.3) is 4.96 Å². The first-order valence-electron chi connectivity index (χ1n) is 10.8. The van der Waals surface area contributed by atoms with Crippen LogP contribution >= 0.6 is 11.3 Å². The second-order valence-corrected chi connectivity index (χ2v) is 10.0. The summed E-state index contributed by atoms with van der Waals surface area (Å²) in [5.74, 6) is 0.994. The molecular formula is C21H29N5O2S. The van der Waals surface area contributed by atoms with Gasteiger partial charge < -0.3 is 10.6 Å². The molecule has 3 saturated heterocycles. The Kier molecular flexibility index (Phi) is 4.96. The van der Waals surface area contributed by atoms with E-state index in [0.29, 0.717) is 29.5 Å². The predicted octanol–water partition coefficient (Wildman–Crippen LogP) is 1.57. The minimum atomic E-state index is -0.306. The molecule has 3 fully saturated rings. The van der Waals surface area contributed by atoms with Crippen molar-refractivity contribution in [1.82, 2.24) is 24.9 Å².